The number of nitrogens with zero attached hydrogens (tertiary/aromatic N) is 1. The summed E-state index contributed by atoms with van der Waals surface area (Å²) < 4.78 is 16.9. The number of benzene rings is 4. The summed E-state index contributed by atoms with van der Waals surface area (Å²) in [5.74, 6) is 1.08. The van der Waals surface area contributed by atoms with Crippen LogP contribution >= 0.6 is 0 Å². The average molecular weight is 649 g/mol. The first-order valence-corrected chi connectivity index (χ1v) is 15.6. The Hall–Kier alpha value is -5.82. The van der Waals surface area contributed by atoms with Crippen molar-refractivity contribution in [3.05, 3.63) is 136 Å². The number of nitrogens with one attached hydrogen (secondary N) is 3. The Morgan fingerprint density at radius 2 is 1.00 bits per heavy atom. The Morgan fingerprint density at radius 1 is 0.604 bits per heavy atom. The third-order valence-electron chi connectivity index (χ3n) is 6.89. The molecule has 0 unspecified atom stereocenters. The number of carbonyl (C=O) groups excluding carboxylic acids is 3. The minimum atomic E-state index is -0.562. The van der Waals surface area contributed by atoms with Crippen molar-refractivity contribution < 1.29 is 28.6 Å². The fourth-order valence-corrected chi connectivity index (χ4v) is 4.36. The molecule has 0 aliphatic carbocycles. The highest BCUT2D eigenvalue weighted by molar-refractivity contribution is 5.94. The second kappa shape index (κ2) is 17.2. The molecular weight excluding hydrogens is 608 g/mol. The number of hydrogen-bond acceptors (Lipinski definition) is 6. The molecule has 0 saturated heterocycles. The number of carbonyl (C=O) groups is 3. The quantitative estimate of drug-likeness (QED) is 0.100. The van der Waals surface area contributed by atoms with Crippen LogP contribution in [-0.2, 0) is 24.4 Å². The van der Waals surface area contributed by atoms with E-state index in [2.05, 4.69) is 20.8 Å². The van der Waals surface area contributed by atoms with Gasteiger partial charge in [-0.15, -0.1) is 0 Å². The molecule has 10 nitrogen and oxygen atoms in total. The van der Waals surface area contributed by atoms with Gasteiger partial charge in [-0.05, 0) is 73.9 Å². The average Bonchev–Trinajstić information content (AvgIpc) is 3.09. The molecule has 248 valence electrons. The Balaban J connectivity index is 1.09. The van der Waals surface area contributed by atoms with Crippen molar-refractivity contribution >= 4 is 23.6 Å². The van der Waals surface area contributed by atoms with Crippen LogP contribution in [-0.4, -0.2) is 36.7 Å². The van der Waals surface area contributed by atoms with Crippen LogP contribution in [0.1, 0.15) is 64.6 Å². The molecule has 4 rings (SSSR count). The van der Waals surface area contributed by atoms with Gasteiger partial charge in [-0.25, -0.2) is 9.64 Å². The zero-order valence-corrected chi connectivity index (χ0v) is 27.4. The molecule has 0 aromatic heterocycles. The van der Waals surface area contributed by atoms with Crippen LogP contribution < -0.4 is 25.4 Å². The Labute approximate surface area is 281 Å². The van der Waals surface area contributed by atoms with Crippen molar-refractivity contribution in [3.8, 4) is 11.5 Å². The Morgan fingerprint density at radius 3 is 1.42 bits per heavy atom. The molecule has 4 aromatic carbocycles. The first-order valence-electron chi connectivity index (χ1n) is 15.6. The van der Waals surface area contributed by atoms with Gasteiger partial charge in [0.2, 0.25) is 0 Å². The van der Waals surface area contributed by atoms with Crippen LogP contribution in [0.2, 0.25) is 0 Å². The highest BCUT2D eigenvalue weighted by atomic mass is 16.6. The molecule has 0 aliphatic heterocycles. The molecule has 0 spiro atoms. The van der Waals surface area contributed by atoms with Gasteiger partial charge in [0.1, 0.15) is 17.1 Å². The lowest BCUT2D eigenvalue weighted by Crippen LogP contribution is -2.32. The van der Waals surface area contributed by atoms with Crippen molar-refractivity contribution in [1.82, 2.24) is 16.0 Å². The summed E-state index contributed by atoms with van der Waals surface area (Å²) in [5, 5.41) is 8.50. The van der Waals surface area contributed by atoms with Gasteiger partial charge in [0.25, 0.3) is 11.8 Å². The lowest BCUT2D eigenvalue weighted by atomic mass is 10.1. The van der Waals surface area contributed by atoms with E-state index in [4.69, 9.17) is 20.8 Å². The maximum atomic E-state index is 12.6. The molecule has 3 amide bonds. The fraction of sp³-hybridized carbons (Fsp3) is 0.263. The topological polar surface area (TPSA) is 119 Å². The van der Waals surface area contributed by atoms with Crippen LogP contribution in [0.3, 0.4) is 0 Å². The summed E-state index contributed by atoms with van der Waals surface area (Å²) in [5.41, 5.74) is 3.71. The molecule has 10 heteroatoms. The molecule has 0 bridgehead atoms. The molecule has 0 radical (unpaired) electrons. The molecule has 0 aliphatic rings. The zero-order valence-electron chi connectivity index (χ0n) is 27.4. The standard InChI is InChI=1S/C38H40N4O6/c1-38(2,3)48-37(45)42-26-27-6-12-30(13-7-27)35(43)40-24-28-8-18-33(19-9-28)46-22-5-23-47-34-20-10-29(11-21-34)25-41-36(44)31-14-16-32(39-4)17-15-31/h6-21H,5,22-26H2,1-3H3,(H,40,43)(H,41,44)(H,42,45). The second-order valence-corrected chi connectivity index (χ2v) is 11.9. The Bertz CT molecular complexity index is 1690. The normalized spacial score (nSPS) is 10.7. The molecular formula is C38H40N4O6. The molecule has 0 atom stereocenters. The summed E-state index contributed by atoms with van der Waals surface area (Å²) in [6.45, 7) is 14.5. The SMILES string of the molecule is [C-]#[N+]c1ccc(C(=O)NCc2ccc(OCCCOc3ccc(CNC(=O)c4ccc(CNC(=O)OC(C)(C)C)cc4)cc3)cc2)cc1. The summed E-state index contributed by atoms with van der Waals surface area (Å²) in [6, 6.07) is 28.7. The minimum Gasteiger partial charge on any atom is -0.493 e. The van der Waals surface area contributed by atoms with Crippen molar-refractivity contribution in [3.63, 3.8) is 0 Å². The molecule has 4 aromatic rings. The predicted octanol–water partition coefficient (Wildman–Crippen LogP) is 6.97. The number of hydrogen-bond donors (Lipinski definition) is 3. The summed E-state index contributed by atoms with van der Waals surface area (Å²) in [7, 11) is 0. The fourth-order valence-electron chi connectivity index (χ4n) is 4.36. The second-order valence-electron chi connectivity index (χ2n) is 11.9. The van der Waals surface area contributed by atoms with E-state index < -0.39 is 11.7 Å². The number of alkyl carbamates (subject to hydrolysis) is 1. The van der Waals surface area contributed by atoms with Crippen molar-refractivity contribution in [2.45, 2.75) is 52.4 Å². The van der Waals surface area contributed by atoms with E-state index in [0.717, 1.165) is 28.2 Å². The molecule has 48 heavy (non-hydrogen) atoms. The highest BCUT2D eigenvalue weighted by Crippen LogP contribution is 2.16. The van der Waals surface area contributed by atoms with E-state index in [1.807, 2.05) is 48.5 Å². The first-order chi connectivity index (χ1) is 23.1. The summed E-state index contributed by atoms with van der Waals surface area (Å²) in [4.78, 5) is 40.1. The third-order valence-corrected chi connectivity index (χ3v) is 6.89. The van der Waals surface area contributed by atoms with Gasteiger partial charge in [0, 0.05) is 37.2 Å². The predicted molar refractivity (Wildman–Crippen MR) is 183 cm³/mol. The minimum absolute atomic E-state index is 0.191. The van der Waals surface area contributed by atoms with Gasteiger partial charge >= 0.3 is 6.09 Å². The Kier molecular flexibility index (Phi) is 12.6. The molecule has 0 heterocycles. The summed E-state index contributed by atoms with van der Waals surface area (Å²) >= 11 is 0. The van der Waals surface area contributed by atoms with Crippen LogP contribution in [0.4, 0.5) is 10.5 Å². The van der Waals surface area contributed by atoms with E-state index in [0.29, 0.717) is 56.1 Å². The van der Waals surface area contributed by atoms with Gasteiger partial charge in [0.15, 0.2) is 5.69 Å². The number of amides is 3. The molecule has 3 N–H and O–H groups in total. The van der Waals surface area contributed by atoms with E-state index in [9.17, 15) is 14.4 Å². The van der Waals surface area contributed by atoms with E-state index in [1.165, 1.54) is 0 Å². The van der Waals surface area contributed by atoms with Crippen LogP contribution in [0, 0.1) is 6.57 Å². The lowest BCUT2D eigenvalue weighted by molar-refractivity contribution is 0.0523. The number of rotatable bonds is 14. The van der Waals surface area contributed by atoms with Crippen LogP contribution in [0.15, 0.2) is 97.1 Å². The first kappa shape index (κ1) is 35.0. The number of ether oxygens (including phenoxy) is 3. The van der Waals surface area contributed by atoms with Crippen molar-refractivity contribution in [1.29, 1.82) is 0 Å². The van der Waals surface area contributed by atoms with E-state index in [1.54, 1.807) is 69.3 Å². The smallest absolute Gasteiger partial charge is 0.407 e. The highest BCUT2D eigenvalue weighted by Gasteiger charge is 2.16. The zero-order chi connectivity index (χ0) is 34.4. The van der Waals surface area contributed by atoms with Gasteiger partial charge in [0.05, 0.1) is 19.8 Å². The lowest BCUT2D eigenvalue weighted by Gasteiger charge is -2.19. The monoisotopic (exact) mass is 648 g/mol. The maximum absolute atomic E-state index is 12.6. The largest absolute Gasteiger partial charge is 0.493 e. The van der Waals surface area contributed by atoms with Gasteiger partial charge < -0.3 is 30.2 Å². The van der Waals surface area contributed by atoms with E-state index >= 15 is 0 Å². The van der Waals surface area contributed by atoms with Gasteiger partial charge in [-0.3, -0.25) is 9.59 Å². The van der Waals surface area contributed by atoms with Crippen molar-refractivity contribution in [2.24, 2.45) is 0 Å². The summed E-state index contributed by atoms with van der Waals surface area (Å²) in [6.07, 6.45) is 0.204. The molecule has 0 fully saturated rings. The van der Waals surface area contributed by atoms with Crippen molar-refractivity contribution in [2.75, 3.05) is 13.2 Å². The molecule has 0 saturated carbocycles. The van der Waals surface area contributed by atoms with Crippen LogP contribution in [0.25, 0.3) is 4.85 Å². The van der Waals surface area contributed by atoms with Gasteiger partial charge in [-0.2, -0.15) is 0 Å². The van der Waals surface area contributed by atoms with Crippen LogP contribution in [0.5, 0.6) is 11.5 Å². The van der Waals surface area contributed by atoms with Gasteiger partial charge in [-0.1, -0.05) is 60.7 Å². The maximum Gasteiger partial charge on any atom is 0.407 e. The third kappa shape index (κ3) is 11.8. The van der Waals surface area contributed by atoms with E-state index in [-0.39, 0.29) is 11.8 Å².